The van der Waals surface area contributed by atoms with Crippen molar-refractivity contribution < 1.29 is 19.5 Å². The van der Waals surface area contributed by atoms with Crippen LogP contribution in [0.2, 0.25) is 0 Å². The summed E-state index contributed by atoms with van der Waals surface area (Å²) in [6.07, 6.45) is 7.63. The molecule has 2 rings (SSSR count). The van der Waals surface area contributed by atoms with E-state index in [-0.39, 0.29) is 17.9 Å². The molecule has 0 bridgehead atoms. The Hall–Kier alpha value is -2.12. The Morgan fingerprint density at radius 3 is 2.81 bits per heavy atom. The zero-order valence-corrected chi connectivity index (χ0v) is 15.8. The molecule has 27 heavy (non-hydrogen) atoms. The van der Waals surface area contributed by atoms with E-state index < -0.39 is 0 Å². The van der Waals surface area contributed by atoms with Crippen LogP contribution >= 0.6 is 0 Å². The Morgan fingerprint density at radius 2 is 1.96 bits per heavy atom. The van der Waals surface area contributed by atoms with Crippen molar-refractivity contribution in [1.29, 1.82) is 0 Å². The second-order valence-electron chi connectivity index (χ2n) is 6.89. The third kappa shape index (κ3) is 7.97. The quantitative estimate of drug-likeness (QED) is 0.347. The molecule has 0 fully saturated rings. The fraction of sp³-hybridized carbons (Fsp3) is 0.600. The van der Waals surface area contributed by atoms with Crippen LogP contribution in [0.4, 0.5) is 5.69 Å². The number of fused-ring (bicyclic) bond motifs is 1. The van der Waals surface area contributed by atoms with Crippen LogP contribution in [-0.2, 0) is 9.59 Å². The van der Waals surface area contributed by atoms with Gasteiger partial charge in [-0.3, -0.25) is 14.8 Å². The number of carbonyl (C=O) groups excluding carboxylic acids is 2. The van der Waals surface area contributed by atoms with E-state index in [1.807, 2.05) is 24.3 Å². The fourth-order valence-corrected chi connectivity index (χ4v) is 3.15. The molecular formula is C20H31N3O4. The minimum Gasteiger partial charge on any atom is -0.491 e. The summed E-state index contributed by atoms with van der Waals surface area (Å²) in [6.45, 7) is 1.47. The van der Waals surface area contributed by atoms with Crippen LogP contribution in [0.1, 0.15) is 57.8 Å². The predicted molar refractivity (Wildman–Crippen MR) is 104 cm³/mol. The van der Waals surface area contributed by atoms with E-state index in [9.17, 15) is 9.59 Å². The monoisotopic (exact) mass is 377 g/mol. The highest BCUT2D eigenvalue weighted by Gasteiger charge is 2.19. The molecule has 0 saturated carbocycles. The second-order valence-corrected chi connectivity index (χ2v) is 6.89. The van der Waals surface area contributed by atoms with Crippen molar-refractivity contribution in [3.05, 3.63) is 24.3 Å². The molecule has 7 heteroatoms. The Balaban J connectivity index is 1.92. The molecule has 1 aliphatic heterocycles. The number of hydrogen-bond donors (Lipinski definition) is 4. The molecular weight excluding hydrogens is 346 g/mol. The van der Waals surface area contributed by atoms with Crippen molar-refractivity contribution in [3.63, 3.8) is 0 Å². The van der Waals surface area contributed by atoms with Crippen molar-refractivity contribution in [3.8, 4) is 5.75 Å². The van der Waals surface area contributed by atoms with Gasteiger partial charge in [-0.2, -0.15) is 0 Å². The fourth-order valence-electron chi connectivity index (χ4n) is 3.15. The number of amides is 2. The van der Waals surface area contributed by atoms with Crippen LogP contribution in [0.25, 0.3) is 0 Å². The van der Waals surface area contributed by atoms with Gasteiger partial charge in [0, 0.05) is 6.42 Å². The first-order valence-corrected chi connectivity index (χ1v) is 9.89. The van der Waals surface area contributed by atoms with Gasteiger partial charge in [-0.25, -0.2) is 5.48 Å². The molecule has 150 valence electrons. The molecule has 1 atom stereocenters. The highest BCUT2D eigenvalue weighted by molar-refractivity contribution is 5.96. The Labute approximate surface area is 160 Å². The Bertz CT molecular complexity index is 594. The van der Waals surface area contributed by atoms with E-state index in [1.54, 1.807) is 5.48 Å². The van der Waals surface area contributed by atoms with Crippen molar-refractivity contribution >= 4 is 17.5 Å². The first kappa shape index (κ1) is 21.2. The van der Waals surface area contributed by atoms with Gasteiger partial charge in [0.05, 0.1) is 18.3 Å². The zero-order chi connectivity index (χ0) is 19.3. The van der Waals surface area contributed by atoms with E-state index in [0.717, 1.165) is 45.1 Å². The standard InChI is InChI=1S/C20H31N3O4/c24-19(23-26)13-5-3-4-11-17-20(25)22-16-10-6-7-12-18(16)27-15-9-2-1-8-14-21-17/h6-7,10,12,17,21,26H,1-5,8-9,11,13-15H2,(H,22,25)(H,23,24). The molecule has 0 aliphatic carbocycles. The van der Waals surface area contributed by atoms with E-state index >= 15 is 0 Å². The number of benzene rings is 1. The van der Waals surface area contributed by atoms with E-state index in [4.69, 9.17) is 9.94 Å². The highest BCUT2D eigenvalue weighted by Crippen LogP contribution is 2.24. The largest absolute Gasteiger partial charge is 0.491 e. The molecule has 1 aliphatic rings. The van der Waals surface area contributed by atoms with Gasteiger partial charge in [0.2, 0.25) is 11.8 Å². The lowest BCUT2D eigenvalue weighted by atomic mass is 10.1. The number of para-hydroxylation sites is 2. The molecule has 1 heterocycles. The number of carbonyl (C=O) groups is 2. The van der Waals surface area contributed by atoms with Gasteiger partial charge in [-0.05, 0) is 44.4 Å². The topological polar surface area (TPSA) is 99.7 Å². The zero-order valence-electron chi connectivity index (χ0n) is 15.8. The maximum absolute atomic E-state index is 12.8. The average molecular weight is 377 g/mol. The number of hydroxylamine groups is 1. The number of rotatable bonds is 6. The number of nitrogens with one attached hydrogen (secondary N) is 3. The molecule has 1 aromatic rings. The smallest absolute Gasteiger partial charge is 0.243 e. The van der Waals surface area contributed by atoms with Gasteiger partial charge < -0.3 is 15.4 Å². The summed E-state index contributed by atoms with van der Waals surface area (Å²) in [4.78, 5) is 23.8. The lowest BCUT2D eigenvalue weighted by Crippen LogP contribution is -2.41. The average Bonchev–Trinajstić information content (AvgIpc) is 2.69. The SMILES string of the molecule is O=C(CCCCCC1NCCCCCCOc2ccccc2NC1=O)NO. The molecule has 7 nitrogen and oxygen atoms in total. The number of ether oxygens (including phenoxy) is 1. The third-order valence-electron chi connectivity index (χ3n) is 4.70. The normalized spacial score (nSPS) is 18.7. The van der Waals surface area contributed by atoms with Crippen LogP contribution in [-0.4, -0.2) is 36.2 Å². The third-order valence-corrected chi connectivity index (χ3v) is 4.70. The van der Waals surface area contributed by atoms with Crippen molar-refractivity contribution in [2.24, 2.45) is 0 Å². The van der Waals surface area contributed by atoms with Gasteiger partial charge in [-0.1, -0.05) is 37.8 Å². The summed E-state index contributed by atoms with van der Waals surface area (Å²) in [7, 11) is 0. The number of anilines is 1. The number of unbranched alkanes of at least 4 members (excludes halogenated alkanes) is 2. The van der Waals surface area contributed by atoms with Gasteiger partial charge in [0.1, 0.15) is 5.75 Å². The maximum Gasteiger partial charge on any atom is 0.243 e. The summed E-state index contributed by atoms with van der Waals surface area (Å²) in [5, 5.41) is 14.9. The van der Waals surface area contributed by atoms with Crippen LogP contribution in [0, 0.1) is 0 Å². The molecule has 0 radical (unpaired) electrons. The second kappa shape index (κ2) is 12.3. The summed E-state index contributed by atoms with van der Waals surface area (Å²) in [5.74, 6) is 0.279. The molecule has 2 amide bonds. The van der Waals surface area contributed by atoms with E-state index in [1.165, 1.54) is 0 Å². The van der Waals surface area contributed by atoms with Crippen molar-refractivity contribution in [1.82, 2.24) is 10.8 Å². The summed E-state index contributed by atoms with van der Waals surface area (Å²) >= 11 is 0. The first-order chi connectivity index (χ1) is 13.2. The van der Waals surface area contributed by atoms with Crippen LogP contribution in [0.5, 0.6) is 5.75 Å². The van der Waals surface area contributed by atoms with Crippen molar-refractivity contribution in [2.75, 3.05) is 18.5 Å². The molecule has 4 N–H and O–H groups in total. The Morgan fingerprint density at radius 1 is 1.15 bits per heavy atom. The lowest BCUT2D eigenvalue weighted by Gasteiger charge is -2.19. The van der Waals surface area contributed by atoms with E-state index in [2.05, 4.69) is 10.6 Å². The highest BCUT2D eigenvalue weighted by atomic mass is 16.5. The maximum atomic E-state index is 12.8. The lowest BCUT2D eigenvalue weighted by molar-refractivity contribution is -0.129. The predicted octanol–water partition coefficient (Wildman–Crippen LogP) is 2.99. The first-order valence-electron chi connectivity index (χ1n) is 9.89. The van der Waals surface area contributed by atoms with Gasteiger partial charge in [-0.15, -0.1) is 0 Å². The number of hydrogen-bond acceptors (Lipinski definition) is 5. The molecule has 0 spiro atoms. The Kier molecular flexibility index (Phi) is 9.65. The minimum absolute atomic E-state index is 0.0570. The van der Waals surface area contributed by atoms with E-state index in [0.29, 0.717) is 37.3 Å². The molecule has 0 saturated heterocycles. The van der Waals surface area contributed by atoms with Gasteiger partial charge >= 0.3 is 0 Å². The van der Waals surface area contributed by atoms with Crippen molar-refractivity contribution in [2.45, 2.75) is 63.8 Å². The minimum atomic E-state index is -0.371. The molecule has 0 aromatic heterocycles. The summed E-state index contributed by atoms with van der Waals surface area (Å²) in [6, 6.07) is 7.25. The molecule has 1 unspecified atom stereocenters. The summed E-state index contributed by atoms with van der Waals surface area (Å²) < 4.78 is 5.84. The van der Waals surface area contributed by atoms with Crippen LogP contribution < -0.4 is 20.9 Å². The van der Waals surface area contributed by atoms with Crippen LogP contribution in [0.15, 0.2) is 24.3 Å². The molecule has 1 aromatic carbocycles. The van der Waals surface area contributed by atoms with Gasteiger partial charge in [0.25, 0.3) is 0 Å². The summed E-state index contributed by atoms with van der Waals surface area (Å²) in [5.41, 5.74) is 2.34. The van der Waals surface area contributed by atoms with Gasteiger partial charge in [0.15, 0.2) is 0 Å². The van der Waals surface area contributed by atoms with Crippen LogP contribution in [0.3, 0.4) is 0 Å².